The fourth-order valence-electron chi connectivity index (χ4n) is 2.18. The van der Waals surface area contributed by atoms with Crippen LogP contribution in [0, 0.1) is 0 Å². The molecule has 0 heterocycles. The van der Waals surface area contributed by atoms with Crippen LogP contribution < -0.4 is 10.1 Å². The van der Waals surface area contributed by atoms with Crippen molar-refractivity contribution >= 4 is 29.1 Å². The predicted molar refractivity (Wildman–Crippen MR) is 98.8 cm³/mol. The zero-order valence-corrected chi connectivity index (χ0v) is 15.2. The minimum absolute atomic E-state index is 0.0428. The molecule has 5 nitrogen and oxygen atoms in total. The summed E-state index contributed by atoms with van der Waals surface area (Å²) in [6, 6.07) is 14.3. The average molecular weight is 361 g/mol. The van der Waals surface area contributed by atoms with Gasteiger partial charge in [0.1, 0.15) is 5.75 Å². The molecule has 0 saturated heterocycles. The van der Waals surface area contributed by atoms with Gasteiger partial charge in [-0.2, -0.15) is 0 Å². The van der Waals surface area contributed by atoms with Crippen molar-refractivity contribution in [3.63, 3.8) is 0 Å². The minimum atomic E-state index is -0.697. The summed E-state index contributed by atoms with van der Waals surface area (Å²) in [5.74, 6) is 0.205. The van der Waals surface area contributed by atoms with Crippen molar-refractivity contribution in [2.24, 2.45) is 0 Å². The van der Waals surface area contributed by atoms with Gasteiger partial charge in [-0.1, -0.05) is 35.9 Å². The van der Waals surface area contributed by atoms with Crippen molar-refractivity contribution in [1.82, 2.24) is 4.90 Å². The number of para-hydroxylation sites is 1. The molecule has 0 aliphatic rings. The van der Waals surface area contributed by atoms with Gasteiger partial charge in [0.05, 0.1) is 0 Å². The van der Waals surface area contributed by atoms with Crippen molar-refractivity contribution in [2.75, 3.05) is 12.4 Å². The molecule has 132 valence electrons. The third-order valence-corrected chi connectivity index (χ3v) is 3.93. The third-order valence-electron chi connectivity index (χ3n) is 3.70. The highest BCUT2D eigenvalue weighted by Crippen LogP contribution is 2.20. The Balaban J connectivity index is 2.05. The fraction of sp³-hybridized carbons (Fsp3) is 0.263. The number of hydrogen-bond acceptors (Lipinski definition) is 3. The lowest BCUT2D eigenvalue weighted by Gasteiger charge is -2.19. The molecule has 0 aliphatic heterocycles. The zero-order chi connectivity index (χ0) is 18.4. The molecule has 0 fully saturated rings. The van der Waals surface area contributed by atoms with Crippen molar-refractivity contribution in [3.05, 3.63) is 59.1 Å². The van der Waals surface area contributed by atoms with Crippen molar-refractivity contribution in [1.29, 1.82) is 0 Å². The molecular formula is C19H21ClN2O3. The molecule has 0 saturated carbocycles. The van der Waals surface area contributed by atoms with E-state index in [4.69, 9.17) is 16.3 Å². The van der Waals surface area contributed by atoms with Crippen molar-refractivity contribution < 1.29 is 14.3 Å². The van der Waals surface area contributed by atoms with E-state index in [0.29, 0.717) is 23.0 Å². The van der Waals surface area contributed by atoms with E-state index in [1.807, 2.05) is 18.2 Å². The van der Waals surface area contributed by atoms with Gasteiger partial charge in [0.25, 0.3) is 5.91 Å². The van der Waals surface area contributed by atoms with E-state index in [1.165, 1.54) is 6.92 Å². The monoisotopic (exact) mass is 360 g/mol. The normalized spacial score (nSPS) is 11.5. The number of rotatable bonds is 6. The van der Waals surface area contributed by atoms with Gasteiger partial charge in [0.2, 0.25) is 5.91 Å². The molecule has 0 aromatic heterocycles. The standard InChI is InChI=1S/C19H21ClN2O3/c1-13(25-17-9-6-8-16(20)11-17)19(24)21-18-10-5-4-7-15(18)12-22(3)14(2)23/h4-11,13H,12H2,1-3H3,(H,21,24). The van der Waals surface area contributed by atoms with Crippen LogP contribution in [0.4, 0.5) is 5.69 Å². The molecule has 25 heavy (non-hydrogen) atoms. The van der Waals surface area contributed by atoms with Crippen LogP contribution in [-0.2, 0) is 16.1 Å². The van der Waals surface area contributed by atoms with E-state index in [2.05, 4.69) is 5.32 Å². The number of benzene rings is 2. The number of nitrogens with zero attached hydrogens (tertiary/aromatic N) is 1. The second-order valence-electron chi connectivity index (χ2n) is 5.74. The largest absolute Gasteiger partial charge is 0.481 e. The molecule has 2 aromatic rings. The molecule has 2 rings (SSSR count). The van der Waals surface area contributed by atoms with Gasteiger partial charge in [-0.15, -0.1) is 0 Å². The number of amides is 2. The summed E-state index contributed by atoms with van der Waals surface area (Å²) in [6.07, 6.45) is -0.697. The number of halogens is 1. The van der Waals surface area contributed by atoms with Crippen LogP contribution in [0.25, 0.3) is 0 Å². The first-order valence-electron chi connectivity index (χ1n) is 7.89. The quantitative estimate of drug-likeness (QED) is 0.854. The Labute approximate surface area is 152 Å². The van der Waals surface area contributed by atoms with E-state index < -0.39 is 6.10 Å². The molecule has 0 bridgehead atoms. The first-order chi connectivity index (χ1) is 11.9. The number of ether oxygens (including phenoxy) is 1. The van der Waals surface area contributed by atoms with Gasteiger partial charge in [-0.25, -0.2) is 0 Å². The van der Waals surface area contributed by atoms with Gasteiger partial charge in [0, 0.05) is 31.2 Å². The summed E-state index contributed by atoms with van der Waals surface area (Å²) in [4.78, 5) is 25.4. The van der Waals surface area contributed by atoms with Crippen molar-refractivity contribution in [2.45, 2.75) is 26.5 Å². The lowest BCUT2D eigenvalue weighted by atomic mass is 10.1. The number of carbonyl (C=O) groups is 2. The van der Waals surface area contributed by atoms with Crippen LogP contribution in [0.3, 0.4) is 0 Å². The van der Waals surface area contributed by atoms with Gasteiger partial charge in [-0.05, 0) is 36.8 Å². The molecule has 0 radical (unpaired) electrons. The number of anilines is 1. The predicted octanol–water partition coefficient (Wildman–Crippen LogP) is 3.72. The first kappa shape index (κ1) is 18.8. The molecule has 1 atom stereocenters. The van der Waals surface area contributed by atoms with Gasteiger partial charge < -0.3 is 15.0 Å². The average Bonchev–Trinajstić information content (AvgIpc) is 2.56. The smallest absolute Gasteiger partial charge is 0.265 e. The molecule has 2 amide bonds. The summed E-state index contributed by atoms with van der Waals surface area (Å²) < 4.78 is 5.63. The Morgan fingerprint density at radius 1 is 1.20 bits per heavy atom. The van der Waals surface area contributed by atoms with E-state index in [0.717, 1.165) is 5.56 Å². The topological polar surface area (TPSA) is 58.6 Å². The van der Waals surface area contributed by atoms with Crippen LogP contribution in [0.5, 0.6) is 5.75 Å². The molecule has 1 N–H and O–H groups in total. The van der Waals surface area contributed by atoms with E-state index in [9.17, 15) is 9.59 Å². The van der Waals surface area contributed by atoms with Crippen molar-refractivity contribution in [3.8, 4) is 5.75 Å². The van der Waals surface area contributed by atoms with Gasteiger partial charge >= 0.3 is 0 Å². The Morgan fingerprint density at radius 3 is 2.60 bits per heavy atom. The Hall–Kier alpha value is -2.53. The summed E-state index contributed by atoms with van der Waals surface area (Å²) in [5, 5.41) is 3.40. The Morgan fingerprint density at radius 2 is 1.92 bits per heavy atom. The zero-order valence-electron chi connectivity index (χ0n) is 14.5. The summed E-state index contributed by atoms with van der Waals surface area (Å²) in [5.41, 5.74) is 1.51. The molecule has 1 unspecified atom stereocenters. The Bertz CT molecular complexity index is 764. The number of hydrogen-bond donors (Lipinski definition) is 1. The van der Waals surface area contributed by atoms with Crippen LogP contribution in [0.15, 0.2) is 48.5 Å². The van der Waals surface area contributed by atoms with Crippen LogP contribution in [0.2, 0.25) is 5.02 Å². The highest BCUT2D eigenvalue weighted by Gasteiger charge is 2.17. The van der Waals surface area contributed by atoms with Crippen LogP contribution in [-0.4, -0.2) is 29.9 Å². The maximum absolute atomic E-state index is 12.4. The molecule has 0 aliphatic carbocycles. The van der Waals surface area contributed by atoms with Gasteiger partial charge in [0.15, 0.2) is 6.10 Å². The maximum Gasteiger partial charge on any atom is 0.265 e. The molecule has 6 heteroatoms. The van der Waals surface area contributed by atoms with E-state index in [1.54, 1.807) is 49.2 Å². The molecule has 0 spiro atoms. The summed E-state index contributed by atoms with van der Waals surface area (Å²) in [7, 11) is 1.71. The van der Waals surface area contributed by atoms with E-state index in [-0.39, 0.29) is 11.8 Å². The molecular weight excluding hydrogens is 340 g/mol. The fourth-order valence-corrected chi connectivity index (χ4v) is 2.36. The SMILES string of the molecule is CC(=O)N(C)Cc1ccccc1NC(=O)C(C)Oc1cccc(Cl)c1. The molecule has 2 aromatic carbocycles. The number of carbonyl (C=O) groups excluding carboxylic acids is 2. The number of nitrogens with one attached hydrogen (secondary N) is 1. The lowest BCUT2D eigenvalue weighted by Crippen LogP contribution is -2.31. The lowest BCUT2D eigenvalue weighted by molar-refractivity contribution is -0.128. The summed E-state index contributed by atoms with van der Waals surface area (Å²) >= 11 is 5.92. The van der Waals surface area contributed by atoms with Crippen LogP contribution >= 0.6 is 11.6 Å². The first-order valence-corrected chi connectivity index (χ1v) is 8.27. The Kier molecular flexibility index (Phi) is 6.42. The van der Waals surface area contributed by atoms with Crippen LogP contribution in [0.1, 0.15) is 19.4 Å². The third kappa shape index (κ3) is 5.50. The minimum Gasteiger partial charge on any atom is -0.481 e. The second-order valence-corrected chi connectivity index (χ2v) is 6.18. The highest BCUT2D eigenvalue weighted by atomic mass is 35.5. The highest BCUT2D eigenvalue weighted by molar-refractivity contribution is 6.30. The maximum atomic E-state index is 12.4. The van der Waals surface area contributed by atoms with Gasteiger partial charge in [-0.3, -0.25) is 9.59 Å². The summed E-state index contributed by atoms with van der Waals surface area (Å²) in [6.45, 7) is 3.58. The second kappa shape index (κ2) is 8.53. The van der Waals surface area contributed by atoms with E-state index >= 15 is 0 Å².